The zero-order valence-electron chi connectivity index (χ0n) is 12.0. The van der Waals surface area contributed by atoms with E-state index >= 15 is 0 Å². The first-order valence-corrected chi connectivity index (χ1v) is 7.18. The van der Waals surface area contributed by atoms with Crippen molar-refractivity contribution in [3.8, 4) is 0 Å². The van der Waals surface area contributed by atoms with Gasteiger partial charge < -0.3 is 10.2 Å². The standard InChI is InChI=1S/C11H13O12P/c1-4-9(14)18-21-24(17,22-19-10(15)5-2)23-20-11(16)7(3)8(13)6-12/h4-5,8,12-13H,1-3,6H2. The molecular weight excluding hydrogens is 355 g/mol. The summed E-state index contributed by atoms with van der Waals surface area (Å²) in [6, 6.07) is 0. The summed E-state index contributed by atoms with van der Waals surface area (Å²) in [4.78, 5) is 44.8. The Bertz CT molecular complexity index is 539. The molecule has 0 aromatic rings. The van der Waals surface area contributed by atoms with Crippen LogP contribution in [-0.4, -0.2) is 40.8 Å². The maximum Gasteiger partial charge on any atom is 0.584 e. The topological polar surface area (TPSA) is 164 Å². The molecule has 2 N–H and O–H groups in total. The van der Waals surface area contributed by atoms with Gasteiger partial charge in [0.1, 0.15) is 6.10 Å². The van der Waals surface area contributed by atoms with Crippen molar-refractivity contribution in [3.05, 3.63) is 37.5 Å². The van der Waals surface area contributed by atoms with E-state index in [9.17, 15) is 18.9 Å². The molecule has 0 spiro atoms. The molecule has 0 bridgehead atoms. The molecule has 0 heterocycles. The Balaban J connectivity index is 4.88. The lowest BCUT2D eigenvalue weighted by Gasteiger charge is -2.13. The van der Waals surface area contributed by atoms with Crippen LogP contribution in [0.25, 0.3) is 0 Å². The average Bonchev–Trinajstić information content (AvgIpc) is 2.60. The maximum absolute atomic E-state index is 11.9. The summed E-state index contributed by atoms with van der Waals surface area (Å²) in [6.07, 6.45) is -0.489. The molecule has 0 rings (SSSR count). The first-order chi connectivity index (χ1) is 11.2. The van der Waals surface area contributed by atoms with Gasteiger partial charge in [-0.3, -0.25) is 14.7 Å². The highest BCUT2D eigenvalue weighted by atomic mass is 31.2. The Labute approximate surface area is 134 Å². The predicted molar refractivity (Wildman–Crippen MR) is 71.8 cm³/mol. The van der Waals surface area contributed by atoms with Gasteiger partial charge in [0.15, 0.2) is 0 Å². The molecule has 0 saturated carbocycles. The smallest absolute Gasteiger partial charge is 0.393 e. The maximum atomic E-state index is 11.9. The average molecular weight is 368 g/mol. The molecule has 1 atom stereocenters. The molecule has 1 unspecified atom stereocenters. The molecular formula is C11H13O12P. The molecule has 0 aliphatic heterocycles. The summed E-state index contributed by atoms with van der Waals surface area (Å²) >= 11 is 0. The summed E-state index contributed by atoms with van der Waals surface area (Å²) in [7, 11) is -5.10. The number of aliphatic hydroxyl groups is 2. The van der Waals surface area contributed by atoms with Gasteiger partial charge in [-0.05, 0) is 0 Å². The molecule has 0 aliphatic carbocycles. The van der Waals surface area contributed by atoms with Crippen molar-refractivity contribution in [3.63, 3.8) is 0 Å². The Morgan fingerprint density at radius 3 is 1.79 bits per heavy atom. The fraction of sp³-hybridized carbons (Fsp3) is 0.182. The third-order valence-electron chi connectivity index (χ3n) is 1.80. The lowest BCUT2D eigenvalue weighted by Crippen LogP contribution is -2.22. The number of hydrogen-bond donors (Lipinski definition) is 2. The minimum absolute atomic E-state index is 0.603. The van der Waals surface area contributed by atoms with Crippen molar-refractivity contribution < 1.29 is 57.8 Å². The van der Waals surface area contributed by atoms with Gasteiger partial charge in [0.25, 0.3) is 0 Å². The fourth-order valence-electron chi connectivity index (χ4n) is 0.649. The summed E-state index contributed by atoms with van der Waals surface area (Å²) in [5, 5.41) is 17.8. The van der Waals surface area contributed by atoms with Gasteiger partial charge in [-0.2, -0.15) is 0 Å². The molecule has 0 aromatic carbocycles. The van der Waals surface area contributed by atoms with Crippen LogP contribution in [-0.2, 0) is 47.6 Å². The second-order valence-corrected chi connectivity index (χ2v) is 4.82. The van der Waals surface area contributed by atoms with E-state index in [1.54, 1.807) is 0 Å². The number of carbonyl (C=O) groups excluding carboxylic acids is 3. The van der Waals surface area contributed by atoms with Crippen molar-refractivity contribution in [2.45, 2.75) is 6.10 Å². The number of rotatable bonds is 11. The Morgan fingerprint density at radius 1 is 1.00 bits per heavy atom. The van der Waals surface area contributed by atoms with Gasteiger partial charge in [0, 0.05) is 12.2 Å². The summed E-state index contributed by atoms with van der Waals surface area (Å²) in [6.45, 7) is 8.20. The summed E-state index contributed by atoms with van der Waals surface area (Å²) in [5.41, 5.74) is -0.685. The van der Waals surface area contributed by atoms with Crippen LogP contribution in [0.5, 0.6) is 0 Å². The molecule has 24 heavy (non-hydrogen) atoms. The van der Waals surface area contributed by atoms with Crippen molar-refractivity contribution in [1.29, 1.82) is 0 Å². The Hall–Kier alpha value is -2.34. The van der Waals surface area contributed by atoms with E-state index in [0.717, 1.165) is 0 Å². The van der Waals surface area contributed by atoms with Gasteiger partial charge >= 0.3 is 25.7 Å². The lowest BCUT2D eigenvalue weighted by atomic mass is 10.2. The van der Waals surface area contributed by atoms with Crippen LogP contribution in [0.4, 0.5) is 0 Å². The highest BCUT2D eigenvalue weighted by Gasteiger charge is 2.38. The van der Waals surface area contributed by atoms with Crippen LogP contribution in [0, 0.1) is 0 Å². The van der Waals surface area contributed by atoms with Crippen molar-refractivity contribution in [2.75, 3.05) is 6.61 Å². The minimum Gasteiger partial charge on any atom is -0.393 e. The number of phosphoric acid groups is 1. The first kappa shape index (κ1) is 21.7. The van der Waals surface area contributed by atoms with Gasteiger partial charge in [-0.15, -0.1) is 0 Å². The predicted octanol–water partition coefficient (Wildman–Crippen LogP) is -0.200. The molecule has 0 radical (unpaired) electrons. The van der Waals surface area contributed by atoms with Gasteiger partial charge in [0.05, 0.1) is 12.2 Å². The second kappa shape index (κ2) is 10.4. The molecule has 0 saturated heterocycles. The fourth-order valence-corrected chi connectivity index (χ4v) is 1.21. The first-order valence-electron chi connectivity index (χ1n) is 5.72. The van der Waals surface area contributed by atoms with Crippen molar-refractivity contribution >= 4 is 25.7 Å². The highest BCUT2D eigenvalue weighted by molar-refractivity contribution is 7.48. The van der Waals surface area contributed by atoms with E-state index in [4.69, 9.17) is 10.2 Å². The molecule has 13 heteroatoms. The van der Waals surface area contributed by atoms with Crippen molar-refractivity contribution in [1.82, 2.24) is 0 Å². The monoisotopic (exact) mass is 368 g/mol. The number of hydrogen-bond acceptors (Lipinski definition) is 12. The molecule has 0 amide bonds. The normalized spacial score (nSPS) is 11.8. The van der Waals surface area contributed by atoms with E-state index in [2.05, 4.69) is 48.4 Å². The highest BCUT2D eigenvalue weighted by Crippen LogP contribution is 2.50. The SMILES string of the molecule is C=CC(=O)OOP(=O)(OOC(=O)C=C)OOC(=O)C(=C)C(O)CO. The van der Waals surface area contributed by atoms with Crippen LogP contribution in [0.3, 0.4) is 0 Å². The zero-order valence-corrected chi connectivity index (χ0v) is 12.9. The van der Waals surface area contributed by atoms with Gasteiger partial charge in [-0.1, -0.05) is 33.8 Å². The molecule has 0 aliphatic rings. The molecule has 134 valence electrons. The Kier molecular flexibility index (Phi) is 9.42. The van der Waals surface area contributed by atoms with E-state index in [1.807, 2.05) is 0 Å². The van der Waals surface area contributed by atoms with E-state index in [-0.39, 0.29) is 0 Å². The summed E-state index contributed by atoms with van der Waals surface area (Å²) < 4.78 is 23.8. The molecule has 12 nitrogen and oxygen atoms in total. The van der Waals surface area contributed by atoms with Crippen LogP contribution in [0.1, 0.15) is 0 Å². The Morgan fingerprint density at radius 2 is 1.42 bits per heavy atom. The summed E-state index contributed by atoms with van der Waals surface area (Å²) in [5.74, 6) is -3.98. The third kappa shape index (κ3) is 7.78. The van der Waals surface area contributed by atoms with Crippen LogP contribution < -0.4 is 0 Å². The quantitative estimate of drug-likeness (QED) is 0.214. The van der Waals surface area contributed by atoms with Crippen LogP contribution >= 0.6 is 7.82 Å². The number of carbonyl (C=O) groups is 3. The van der Waals surface area contributed by atoms with Crippen LogP contribution in [0.15, 0.2) is 37.5 Å². The van der Waals surface area contributed by atoms with Gasteiger partial charge in [0.2, 0.25) is 0 Å². The minimum atomic E-state index is -5.10. The zero-order chi connectivity index (χ0) is 18.8. The van der Waals surface area contributed by atoms with E-state index in [1.165, 1.54) is 0 Å². The van der Waals surface area contributed by atoms with E-state index in [0.29, 0.717) is 12.2 Å². The molecule has 0 aromatic heterocycles. The van der Waals surface area contributed by atoms with Crippen molar-refractivity contribution in [2.24, 2.45) is 0 Å². The number of aliphatic hydroxyl groups excluding tert-OH is 2. The lowest BCUT2D eigenvalue weighted by molar-refractivity contribution is -0.292. The van der Waals surface area contributed by atoms with Gasteiger partial charge in [-0.25, -0.2) is 18.9 Å². The second-order valence-electron chi connectivity index (χ2n) is 3.48. The van der Waals surface area contributed by atoms with E-state index < -0.39 is 44.0 Å². The van der Waals surface area contributed by atoms with Crippen LogP contribution in [0.2, 0.25) is 0 Å². The molecule has 0 fully saturated rings. The third-order valence-corrected chi connectivity index (χ3v) is 2.57. The largest absolute Gasteiger partial charge is 0.584 e.